The summed E-state index contributed by atoms with van der Waals surface area (Å²) in [6.45, 7) is 3.76. The lowest BCUT2D eigenvalue weighted by molar-refractivity contribution is 0.0702. The van der Waals surface area contributed by atoms with Crippen molar-refractivity contribution in [3.8, 4) is 0 Å². The molecule has 0 bridgehead atoms. The van der Waals surface area contributed by atoms with Crippen LogP contribution in [0.2, 0.25) is 0 Å². The Hall–Kier alpha value is -0.480. The molecule has 0 spiro atoms. The Bertz CT molecular complexity index is 595. The monoisotopic (exact) mass is 399 g/mol. The molecule has 0 aliphatic rings. The number of aromatic carboxylic acids is 1. The van der Waals surface area contributed by atoms with Crippen molar-refractivity contribution in [1.82, 2.24) is 4.72 Å². The molecule has 1 aromatic rings. The fourth-order valence-electron chi connectivity index (χ4n) is 1.91. The fourth-order valence-corrected chi connectivity index (χ4v) is 5.37. The van der Waals surface area contributed by atoms with Crippen LogP contribution in [0.5, 0.6) is 0 Å². The maximum absolute atomic E-state index is 12.2. The highest BCUT2D eigenvalue weighted by atomic mass is 79.9. The highest BCUT2D eigenvalue weighted by Gasteiger charge is 2.25. The summed E-state index contributed by atoms with van der Waals surface area (Å²) >= 11 is 3.89. The van der Waals surface area contributed by atoms with Crippen molar-refractivity contribution in [1.29, 1.82) is 0 Å². The second kappa shape index (κ2) is 7.68. The Morgan fingerprint density at radius 3 is 2.43 bits per heavy atom. The molecule has 0 aromatic carbocycles. The smallest absolute Gasteiger partial charge is 0.345 e. The third-order valence-electron chi connectivity index (χ3n) is 3.23. The lowest BCUT2D eigenvalue weighted by Gasteiger charge is -2.20. The van der Waals surface area contributed by atoms with Crippen molar-refractivity contribution < 1.29 is 23.4 Å². The number of carboxylic acids is 1. The van der Waals surface area contributed by atoms with E-state index in [1.165, 1.54) is 0 Å². The molecule has 1 aromatic heterocycles. The highest BCUT2D eigenvalue weighted by Crippen LogP contribution is 2.31. The van der Waals surface area contributed by atoms with Gasteiger partial charge in [0.1, 0.15) is 9.77 Å². The van der Waals surface area contributed by atoms with Gasteiger partial charge in [0.05, 0.1) is 9.89 Å². The number of rotatable bonds is 8. The molecule has 21 heavy (non-hydrogen) atoms. The van der Waals surface area contributed by atoms with Crippen LogP contribution < -0.4 is 4.72 Å². The molecule has 0 aliphatic heterocycles. The molecule has 120 valence electrons. The molecule has 0 amide bonds. The molecule has 1 heterocycles. The number of hydrogen-bond acceptors (Lipinski definition) is 5. The molecule has 0 aliphatic carbocycles. The lowest BCUT2D eigenvalue weighted by atomic mass is 9.97. The van der Waals surface area contributed by atoms with E-state index in [0.717, 1.165) is 30.2 Å². The van der Waals surface area contributed by atoms with Crippen LogP contribution in [0.1, 0.15) is 36.4 Å². The highest BCUT2D eigenvalue weighted by molar-refractivity contribution is 9.11. The largest absolute Gasteiger partial charge is 0.477 e. The standard InChI is InChI=1S/C12H18BrNO5S2/c1-3-7(4-2)8(15)6-14-21(18,19)10-5-9(12(16)17)20-11(10)13/h5,7-8,14-15H,3-4,6H2,1-2H3,(H,16,17). The van der Waals surface area contributed by atoms with Crippen molar-refractivity contribution in [2.24, 2.45) is 5.92 Å². The van der Waals surface area contributed by atoms with Crippen LogP contribution in [0.4, 0.5) is 0 Å². The molecule has 1 unspecified atom stereocenters. The van der Waals surface area contributed by atoms with Gasteiger partial charge in [-0.3, -0.25) is 0 Å². The molecule has 1 rings (SSSR count). The molecule has 3 N–H and O–H groups in total. The van der Waals surface area contributed by atoms with E-state index < -0.39 is 22.1 Å². The SMILES string of the molecule is CCC(CC)C(O)CNS(=O)(=O)c1cc(C(=O)O)sc1Br. The van der Waals surface area contributed by atoms with Gasteiger partial charge in [-0.15, -0.1) is 11.3 Å². The van der Waals surface area contributed by atoms with Gasteiger partial charge in [-0.05, 0) is 27.9 Å². The molecular weight excluding hydrogens is 382 g/mol. The zero-order chi connectivity index (χ0) is 16.2. The average Bonchev–Trinajstić information content (AvgIpc) is 2.81. The van der Waals surface area contributed by atoms with E-state index in [9.17, 15) is 18.3 Å². The van der Waals surface area contributed by atoms with Gasteiger partial charge in [-0.2, -0.15) is 0 Å². The summed E-state index contributed by atoms with van der Waals surface area (Å²) in [6.07, 6.45) is 0.737. The van der Waals surface area contributed by atoms with Crippen molar-refractivity contribution in [3.05, 3.63) is 14.7 Å². The summed E-state index contributed by atoms with van der Waals surface area (Å²) in [5.74, 6) is -1.16. The Morgan fingerprint density at radius 1 is 1.43 bits per heavy atom. The van der Waals surface area contributed by atoms with Crippen LogP contribution in [0.25, 0.3) is 0 Å². The van der Waals surface area contributed by atoms with E-state index in [-0.39, 0.29) is 26.0 Å². The summed E-state index contributed by atoms with van der Waals surface area (Å²) in [4.78, 5) is 10.7. The first-order valence-electron chi connectivity index (χ1n) is 6.43. The number of halogens is 1. The summed E-state index contributed by atoms with van der Waals surface area (Å²) in [6, 6.07) is 1.10. The molecule has 1 atom stereocenters. The number of hydrogen-bond donors (Lipinski definition) is 3. The quantitative estimate of drug-likeness (QED) is 0.621. The number of aliphatic hydroxyl groups excluding tert-OH is 1. The first-order chi connectivity index (χ1) is 9.72. The average molecular weight is 400 g/mol. The lowest BCUT2D eigenvalue weighted by Crippen LogP contribution is -2.36. The van der Waals surface area contributed by atoms with Gasteiger partial charge in [-0.25, -0.2) is 17.9 Å². The van der Waals surface area contributed by atoms with Crippen LogP contribution in [0.3, 0.4) is 0 Å². The topological polar surface area (TPSA) is 104 Å². The number of carboxylic acid groups (broad SMARTS) is 1. The third kappa shape index (κ3) is 4.75. The van der Waals surface area contributed by atoms with Gasteiger partial charge in [0.2, 0.25) is 10.0 Å². The molecule has 6 nitrogen and oxygen atoms in total. The molecular formula is C12H18BrNO5S2. The molecule has 9 heteroatoms. The van der Waals surface area contributed by atoms with Gasteiger partial charge < -0.3 is 10.2 Å². The van der Waals surface area contributed by atoms with E-state index in [1.807, 2.05) is 13.8 Å². The number of nitrogens with one attached hydrogen (secondary N) is 1. The first kappa shape index (κ1) is 18.6. The zero-order valence-electron chi connectivity index (χ0n) is 11.7. The van der Waals surface area contributed by atoms with E-state index in [4.69, 9.17) is 5.11 Å². The minimum Gasteiger partial charge on any atom is -0.477 e. The molecule has 0 saturated carbocycles. The third-order valence-corrected chi connectivity index (χ3v) is 6.89. The van der Waals surface area contributed by atoms with E-state index in [1.54, 1.807) is 0 Å². The Labute approximate surface area is 136 Å². The van der Waals surface area contributed by atoms with Crippen LogP contribution in [0, 0.1) is 5.92 Å². The predicted octanol–water partition coefficient (Wildman–Crippen LogP) is 2.28. The van der Waals surface area contributed by atoms with Crippen molar-refractivity contribution >= 4 is 43.3 Å². The Morgan fingerprint density at radius 2 is 2.00 bits per heavy atom. The van der Waals surface area contributed by atoms with Gasteiger partial charge in [0.25, 0.3) is 0 Å². The van der Waals surface area contributed by atoms with Gasteiger partial charge in [0, 0.05) is 6.54 Å². The van der Waals surface area contributed by atoms with Crippen molar-refractivity contribution in [2.75, 3.05) is 6.54 Å². The number of aliphatic hydroxyl groups is 1. The molecule has 0 fully saturated rings. The minimum absolute atomic E-state index is 0.0215. The molecule has 0 saturated heterocycles. The number of sulfonamides is 1. The summed E-state index contributed by atoms with van der Waals surface area (Å²) in [7, 11) is -3.86. The van der Waals surface area contributed by atoms with Crippen LogP contribution in [-0.4, -0.2) is 37.2 Å². The second-order valence-corrected chi connectivity index (χ2v) is 8.66. The van der Waals surface area contributed by atoms with E-state index >= 15 is 0 Å². The Balaban J connectivity index is 2.85. The molecule has 0 radical (unpaired) electrons. The number of thiophene rings is 1. The minimum atomic E-state index is -3.86. The Kier molecular flexibility index (Phi) is 6.79. The van der Waals surface area contributed by atoms with Crippen molar-refractivity contribution in [3.63, 3.8) is 0 Å². The summed E-state index contributed by atoms with van der Waals surface area (Å²) in [5.41, 5.74) is 0. The summed E-state index contributed by atoms with van der Waals surface area (Å²) in [5, 5.41) is 18.8. The zero-order valence-corrected chi connectivity index (χ0v) is 14.9. The van der Waals surface area contributed by atoms with Crippen molar-refractivity contribution in [2.45, 2.75) is 37.7 Å². The van der Waals surface area contributed by atoms with Crippen LogP contribution in [-0.2, 0) is 10.0 Å². The summed E-state index contributed by atoms with van der Waals surface area (Å²) < 4.78 is 26.9. The first-order valence-corrected chi connectivity index (χ1v) is 9.52. The maximum atomic E-state index is 12.2. The predicted molar refractivity (Wildman–Crippen MR) is 84.2 cm³/mol. The normalized spacial score (nSPS) is 13.6. The maximum Gasteiger partial charge on any atom is 0.345 e. The fraction of sp³-hybridized carbons (Fsp3) is 0.583. The van der Waals surface area contributed by atoms with Gasteiger partial charge in [-0.1, -0.05) is 26.7 Å². The van der Waals surface area contributed by atoms with Gasteiger partial charge in [0.15, 0.2) is 0 Å². The number of carbonyl (C=O) groups is 1. The van der Waals surface area contributed by atoms with Gasteiger partial charge >= 0.3 is 5.97 Å². The van der Waals surface area contributed by atoms with E-state index in [2.05, 4.69) is 20.7 Å². The van der Waals surface area contributed by atoms with Crippen LogP contribution >= 0.6 is 27.3 Å². The second-order valence-electron chi connectivity index (χ2n) is 4.55. The van der Waals surface area contributed by atoms with E-state index in [0.29, 0.717) is 0 Å². The van der Waals surface area contributed by atoms with Crippen LogP contribution in [0.15, 0.2) is 14.7 Å².